The van der Waals surface area contributed by atoms with Crippen LogP contribution in [-0.2, 0) is 11.3 Å². The Balaban J connectivity index is 2.25. The summed E-state index contributed by atoms with van der Waals surface area (Å²) in [5.41, 5.74) is 0.654. The Morgan fingerprint density at radius 3 is 2.14 bits per heavy atom. The highest BCUT2D eigenvalue weighted by molar-refractivity contribution is 6.35. The van der Waals surface area contributed by atoms with Gasteiger partial charge in [-0.05, 0) is 19.1 Å². The van der Waals surface area contributed by atoms with Crippen molar-refractivity contribution in [3.05, 3.63) is 45.6 Å². The summed E-state index contributed by atoms with van der Waals surface area (Å²) >= 11 is 12.0. The van der Waals surface area contributed by atoms with Crippen molar-refractivity contribution in [2.45, 2.75) is 31.5 Å². The summed E-state index contributed by atoms with van der Waals surface area (Å²) in [4.78, 5) is 11.4. The largest absolute Gasteiger partial charge is 0.460 e. The number of nitrogens with zero attached hydrogens (tertiary/aromatic N) is 2. The molecule has 0 bridgehead atoms. The number of carbonyl (C=O) groups is 1. The van der Waals surface area contributed by atoms with Crippen LogP contribution in [0.3, 0.4) is 0 Å². The van der Waals surface area contributed by atoms with Crippen molar-refractivity contribution < 1.29 is 35.5 Å². The third-order valence-corrected chi connectivity index (χ3v) is 4.34. The first-order chi connectivity index (χ1) is 12.7. The third-order valence-electron chi connectivity index (χ3n) is 3.63. The van der Waals surface area contributed by atoms with Crippen LogP contribution in [0.2, 0.25) is 10.0 Å². The molecule has 0 atom stereocenters. The molecule has 13 heteroatoms. The number of halogens is 9. The Hall–Kier alpha value is -2.01. The van der Waals surface area contributed by atoms with Gasteiger partial charge in [-0.25, -0.2) is 0 Å². The Morgan fingerprint density at radius 2 is 1.64 bits per heavy atom. The lowest BCUT2D eigenvalue weighted by Crippen LogP contribution is -2.57. The molecule has 0 fully saturated rings. The van der Waals surface area contributed by atoms with Crippen molar-refractivity contribution >= 4 is 34.9 Å². The van der Waals surface area contributed by atoms with E-state index in [1.54, 1.807) is 6.07 Å². The SMILES string of the molecule is Cc1cc(NC(=O)C(F)(F)C(F)(F)C(F)(F)F)nn1Cc1c(Cl)cccc1Cl. The van der Waals surface area contributed by atoms with E-state index in [4.69, 9.17) is 23.2 Å². The van der Waals surface area contributed by atoms with E-state index in [2.05, 4.69) is 5.10 Å². The molecular formula is C15H10Cl2F7N3O. The molecular weight excluding hydrogens is 442 g/mol. The molecule has 0 aliphatic rings. The Morgan fingerprint density at radius 1 is 1.11 bits per heavy atom. The number of aromatic nitrogens is 2. The summed E-state index contributed by atoms with van der Waals surface area (Å²) in [5.74, 6) is -16.1. The van der Waals surface area contributed by atoms with Crippen molar-refractivity contribution in [1.82, 2.24) is 9.78 Å². The van der Waals surface area contributed by atoms with Gasteiger partial charge in [0.1, 0.15) is 0 Å². The van der Waals surface area contributed by atoms with Crippen molar-refractivity contribution in [1.29, 1.82) is 0 Å². The number of aryl methyl sites for hydroxylation is 1. The third kappa shape index (κ3) is 4.04. The second-order valence-corrected chi connectivity index (χ2v) is 6.44. The zero-order valence-electron chi connectivity index (χ0n) is 13.7. The zero-order chi connectivity index (χ0) is 21.5. The van der Waals surface area contributed by atoms with Gasteiger partial charge < -0.3 is 5.32 Å². The van der Waals surface area contributed by atoms with E-state index in [0.717, 1.165) is 10.7 Å². The number of benzene rings is 1. The van der Waals surface area contributed by atoms with Gasteiger partial charge >= 0.3 is 23.9 Å². The number of alkyl halides is 7. The van der Waals surface area contributed by atoms with E-state index >= 15 is 0 Å². The molecule has 1 aromatic carbocycles. The van der Waals surface area contributed by atoms with Gasteiger partial charge in [0.2, 0.25) is 0 Å². The number of amides is 1. The summed E-state index contributed by atoms with van der Waals surface area (Å²) in [6.45, 7) is 1.35. The lowest BCUT2D eigenvalue weighted by atomic mass is 10.1. The molecule has 0 aliphatic carbocycles. The molecule has 0 aliphatic heterocycles. The minimum Gasteiger partial charge on any atom is -0.304 e. The van der Waals surface area contributed by atoms with Crippen LogP contribution in [0.15, 0.2) is 24.3 Å². The van der Waals surface area contributed by atoms with E-state index in [1.165, 1.54) is 24.4 Å². The summed E-state index contributed by atoms with van der Waals surface area (Å²) in [6, 6.07) is 5.61. The monoisotopic (exact) mass is 451 g/mol. The number of anilines is 1. The van der Waals surface area contributed by atoms with Crippen molar-refractivity contribution in [2.24, 2.45) is 0 Å². The predicted molar refractivity (Wildman–Crippen MR) is 87.1 cm³/mol. The molecule has 0 saturated carbocycles. The van der Waals surface area contributed by atoms with Crippen LogP contribution < -0.4 is 5.32 Å². The Kier molecular flexibility index (Phi) is 5.91. The first kappa shape index (κ1) is 22.3. The highest BCUT2D eigenvalue weighted by Gasteiger charge is 2.76. The highest BCUT2D eigenvalue weighted by atomic mass is 35.5. The number of carbonyl (C=O) groups excluding carboxylic acids is 1. The molecule has 0 spiro atoms. The first-order valence-electron chi connectivity index (χ1n) is 7.29. The maximum atomic E-state index is 13.4. The lowest BCUT2D eigenvalue weighted by molar-refractivity contribution is -0.343. The van der Waals surface area contributed by atoms with Crippen molar-refractivity contribution in [3.63, 3.8) is 0 Å². The Bertz CT molecular complexity index is 876. The van der Waals surface area contributed by atoms with Crippen LogP contribution in [0.4, 0.5) is 36.6 Å². The number of rotatable bonds is 5. The molecule has 1 N–H and O–H groups in total. The van der Waals surface area contributed by atoms with Crippen LogP contribution in [-0.4, -0.2) is 33.7 Å². The van der Waals surface area contributed by atoms with E-state index < -0.39 is 29.7 Å². The minimum absolute atomic E-state index is 0.0741. The number of nitrogens with one attached hydrogen (secondary N) is 1. The molecule has 4 nitrogen and oxygen atoms in total. The maximum absolute atomic E-state index is 13.4. The van der Waals surface area contributed by atoms with Crippen LogP contribution >= 0.6 is 23.2 Å². The Labute approximate surface area is 163 Å². The van der Waals surface area contributed by atoms with Gasteiger partial charge in [0.05, 0.1) is 6.54 Å². The van der Waals surface area contributed by atoms with E-state index in [9.17, 15) is 35.5 Å². The molecule has 0 unspecified atom stereocenters. The summed E-state index contributed by atoms with van der Waals surface area (Å²) in [6.07, 6.45) is -6.62. The smallest absolute Gasteiger partial charge is 0.304 e. The maximum Gasteiger partial charge on any atom is 0.460 e. The van der Waals surface area contributed by atoms with Crippen LogP contribution in [0.5, 0.6) is 0 Å². The van der Waals surface area contributed by atoms with Gasteiger partial charge in [0.15, 0.2) is 5.82 Å². The van der Waals surface area contributed by atoms with Gasteiger partial charge in [-0.1, -0.05) is 29.3 Å². The van der Waals surface area contributed by atoms with Gasteiger partial charge in [-0.3, -0.25) is 9.48 Å². The normalized spacial score (nSPS) is 12.9. The van der Waals surface area contributed by atoms with Crippen molar-refractivity contribution in [2.75, 3.05) is 5.32 Å². The summed E-state index contributed by atoms with van der Waals surface area (Å²) in [7, 11) is 0. The number of hydrogen-bond donors (Lipinski definition) is 1. The molecule has 154 valence electrons. The van der Waals surface area contributed by atoms with Crippen molar-refractivity contribution in [3.8, 4) is 0 Å². The molecule has 0 saturated heterocycles. The second kappa shape index (κ2) is 7.43. The second-order valence-electron chi connectivity index (χ2n) is 5.63. The van der Waals surface area contributed by atoms with Gasteiger partial charge in [0, 0.05) is 27.4 Å². The highest BCUT2D eigenvalue weighted by Crippen LogP contribution is 2.46. The summed E-state index contributed by atoms with van der Waals surface area (Å²) < 4.78 is 90.3. The number of hydrogen-bond acceptors (Lipinski definition) is 2. The van der Waals surface area contributed by atoms with Gasteiger partial charge in [0.25, 0.3) is 0 Å². The average molecular weight is 452 g/mol. The van der Waals surface area contributed by atoms with E-state index in [0.29, 0.717) is 5.56 Å². The van der Waals surface area contributed by atoms with Gasteiger partial charge in [-0.15, -0.1) is 0 Å². The molecule has 0 radical (unpaired) electrons. The standard InChI is InChI=1S/C15H10Cl2F7N3O/c1-7-5-11(25-12(28)13(18,19)14(20,21)15(22,23)24)26-27(7)6-8-9(16)3-2-4-10(8)17/h2-5H,6H2,1H3,(H,25,26,28). The molecule has 2 rings (SSSR count). The summed E-state index contributed by atoms with van der Waals surface area (Å²) in [5, 5.41) is 5.47. The molecule has 2 aromatic rings. The van der Waals surface area contributed by atoms with Crippen LogP contribution in [0.25, 0.3) is 0 Å². The topological polar surface area (TPSA) is 46.9 Å². The molecule has 1 amide bonds. The zero-order valence-corrected chi connectivity index (χ0v) is 15.2. The molecule has 1 heterocycles. The fourth-order valence-corrected chi connectivity index (χ4v) is 2.60. The fourth-order valence-electron chi connectivity index (χ4n) is 2.08. The van der Waals surface area contributed by atoms with Crippen LogP contribution in [0.1, 0.15) is 11.3 Å². The first-order valence-corrected chi connectivity index (χ1v) is 8.05. The van der Waals surface area contributed by atoms with E-state index in [-0.39, 0.29) is 22.3 Å². The predicted octanol–water partition coefficient (Wildman–Crippen LogP) is 5.32. The average Bonchev–Trinajstić information content (AvgIpc) is 2.89. The fraction of sp³-hybridized carbons (Fsp3) is 0.333. The van der Waals surface area contributed by atoms with Gasteiger partial charge in [-0.2, -0.15) is 35.8 Å². The van der Waals surface area contributed by atoms with E-state index in [1.807, 2.05) is 0 Å². The quantitative estimate of drug-likeness (QED) is 0.625. The molecule has 1 aromatic heterocycles. The molecule has 28 heavy (non-hydrogen) atoms. The van der Waals surface area contributed by atoms with Crippen LogP contribution in [0, 0.1) is 6.92 Å². The minimum atomic E-state index is -6.62. The lowest BCUT2D eigenvalue weighted by Gasteiger charge is -2.26.